The third-order valence-corrected chi connectivity index (χ3v) is 2.14. The van der Waals surface area contributed by atoms with E-state index >= 15 is 0 Å². The molecule has 4 nitrogen and oxygen atoms in total. The van der Waals surface area contributed by atoms with Crippen LogP contribution in [0.25, 0.3) is 6.08 Å². The summed E-state index contributed by atoms with van der Waals surface area (Å²) >= 11 is 0. The number of nitrogens with zero attached hydrogens (tertiary/aromatic N) is 1. The van der Waals surface area contributed by atoms with Gasteiger partial charge in [-0.15, -0.1) is 0 Å². The third kappa shape index (κ3) is 2.39. The topological polar surface area (TPSA) is 70.3 Å². The number of aliphatic carboxylic acids is 1. The summed E-state index contributed by atoms with van der Waals surface area (Å²) in [5, 5.41) is 17.6. The summed E-state index contributed by atoms with van der Waals surface area (Å²) in [5.41, 5.74) is 1.71. The van der Waals surface area contributed by atoms with Crippen LogP contribution >= 0.6 is 0 Å². The quantitative estimate of drug-likeness (QED) is 0.786. The normalized spacial score (nSPS) is 10.1. The van der Waals surface area contributed by atoms with E-state index in [-0.39, 0.29) is 0 Å². The molecule has 0 heterocycles. The molecule has 4 heteroatoms. The molecule has 0 saturated carbocycles. The van der Waals surface area contributed by atoms with E-state index in [1.807, 2.05) is 6.07 Å². The van der Waals surface area contributed by atoms with Gasteiger partial charge in [-0.3, -0.25) is 0 Å². The maximum Gasteiger partial charge on any atom is 0.328 e. The zero-order chi connectivity index (χ0) is 12.1. The lowest BCUT2D eigenvalue weighted by Gasteiger charge is -2.08. The van der Waals surface area contributed by atoms with Gasteiger partial charge in [0.1, 0.15) is 11.8 Å². The minimum absolute atomic E-state index is 0.428. The minimum Gasteiger partial charge on any atom is -0.496 e. The number of carboxylic acid groups (broad SMARTS) is 1. The van der Waals surface area contributed by atoms with Crippen molar-refractivity contribution in [3.63, 3.8) is 0 Å². The fraction of sp³-hybridized carbons (Fsp3) is 0.167. The molecule has 0 aromatic heterocycles. The molecule has 1 aromatic rings. The monoisotopic (exact) mass is 217 g/mol. The van der Waals surface area contributed by atoms with Gasteiger partial charge < -0.3 is 9.84 Å². The molecular weight excluding hydrogens is 206 g/mol. The van der Waals surface area contributed by atoms with Gasteiger partial charge in [-0.25, -0.2) is 4.79 Å². The van der Waals surface area contributed by atoms with Crippen LogP contribution in [0.5, 0.6) is 5.75 Å². The zero-order valence-corrected chi connectivity index (χ0v) is 9.02. The summed E-state index contributed by atoms with van der Waals surface area (Å²) in [6.07, 6.45) is 2.35. The van der Waals surface area contributed by atoms with Gasteiger partial charge in [0.05, 0.1) is 12.7 Å². The average molecular weight is 217 g/mol. The first-order chi connectivity index (χ1) is 7.60. The number of aryl methyl sites for hydroxylation is 1. The van der Waals surface area contributed by atoms with Crippen LogP contribution in [0.15, 0.2) is 18.2 Å². The first kappa shape index (κ1) is 11.8. The van der Waals surface area contributed by atoms with Gasteiger partial charge in [0, 0.05) is 11.6 Å². The van der Waals surface area contributed by atoms with E-state index in [9.17, 15) is 4.79 Å². The van der Waals surface area contributed by atoms with Gasteiger partial charge in [-0.1, -0.05) is 6.07 Å². The van der Waals surface area contributed by atoms with E-state index in [0.29, 0.717) is 16.9 Å². The van der Waals surface area contributed by atoms with Crippen molar-refractivity contribution in [2.75, 3.05) is 7.11 Å². The molecule has 0 saturated heterocycles. The Kier molecular flexibility index (Phi) is 3.67. The fourth-order valence-corrected chi connectivity index (χ4v) is 1.36. The molecule has 0 unspecified atom stereocenters. The summed E-state index contributed by atoms with van der Waals surface area (Å²) in [6, 6.07) is 5.50. The highest BCUT2D eigenvalue weighted by atomic mass is 16.5. The van der Waals surface area contributed by atoms with Crippen LogP contribution in [0.4, 0.5) is 0 Å². The number of hydrogen-bond acceptors (Lipinski definition) is 3. The Morgan fingerprint density at radius 3 is 2.75 bits per heavy atom. The molecule has 0 aliphatic carbocycles. The molecule has 0 aliphatic rings. The molecule has 82 valence electrons. The van der Waals surface area contributed by atoms with Crippen molar-refractivity contribution in [2.24, 2.45) is 0 Å². The van der Waals surface area contributed by atoms with Crippen molar-refractivity contribution in [3.8, 4) is 11.8 Å². The van der Waals surface area contributed by atoms with E-state index < -0.39 is 5.97 Å². The van der Waals surface area contributed by atoms with Crippen LogP contribution in [0, 0.1) is 18.3 Å². The second-order valence-electron chi connectivity index (χ2n) is 3.16. The van der Waals surface area contributed by atoms with Gasteiger partial charge >= 0.3 is 5.97 Å². The van der Waals surface area contributed by atoms with Crippen LogP contribution in [0.3, 0.4) is 0 Å². The first-order valence-electron chi connectivity index (χ1n) is 4.59. The van der Waals surface area contributed by atoms with Crippen LogP contribution in [0.1, 0.15) is 16.7 Å². The standard InChI is InChI=1S/C12H11NO3/c1-8-3-5-11(16-2)9(10(8)7-13)4-6-12(14)15/h3-6H,1-2H3,(H,14,15)/b6-4+. The van der Waals surface area contributed by atoms with Gasteiger partial charge in [-0.05, 0) is 24.6 Å². The molecule has 0 radical (unpaired) electrons. The van der Waals surface area contributed by atoms with Gasteiger partial charge in [0.15, 0.2) is 0 Å². The zero-order valence-electron chi connectivity index (χ0n) is 9.02. The fourth-order valence-electron chi connectivity index (χ4n) is 1.36. The molecule has 0 spiro atoms. The van der Waals surface area contributed by atoms with E-state index in [1.54, 1.807) is 19.1 Å². The van der Waals surface area contributed by atoms with Gasteiger partial charge in [0.2, 0.25) is 0 Å². The highest BCUT2D eigenvalue weighted by molar-refractivity contribution is 5.86. The Morgan fingerprint density at radius 2 is 2.25 bits per heavy atom. The lowest BCUT2D eigenvalue weighted by atomic mass is 10.0. The molecular formula is C12H11NO3. The molecule has 0 aliphatic heterocycles. The van der Waals surface area contributed by atoms with Gasteiger partial charge in [-0.2, -0.15) is 5.26 Å². The SMILES string of the molecule is COc1ccc(C)c(C#N)c1/C=C/C(=O)O. The summed E-state index contributed by atoms with van der Waals surface area (Å²) < 4.78 is 5.08. The second-order valence-corrected chi connectivity index (χ2v) is 3.16. The van der Waals surface area contributed by atoms with Crippen molar-refractivity contribution >= 4 is 12.0 Å². The maximum absolute atomic E-state index is 10.4. The molecule has 1 rings (SSSR count). The Morgan fingerprint density at radius 1 is 1.56 bits per heavy atom. The van der Waals surface area contributed by atoms with E-state index in [2.05, 4.69) is 0 Å². The van der Waals surface area contributed by atoms with E-state index in [0.717, 1.165) is 11.6 Å². The number of hydrogen-bond donors (Lipinski definition) is 1. The molecule has 0 fully saturated rings. The number of benzene rings is 1. The third-order valence-electron chi connectivity index (χ3n) is 2.14. The van der Waals surface area contributed by atoms with Crippen molar-refractivity contribution in [1.82, 2.24) is 0 Å². The smallest absolute Gasteiger partial charge is 0.328 e. The van der Waals surface area contributed by atoms with Crippen molar-refractivity contribution in [3.05, 3.63) is 34.9 Å². The number of rotatable bonds is 3. The summed E-state index contributed by atoms with van der Waals surface area (Å²) in [7, 11) is 1.48. The highest BCUT2D eigenvalue weighted by Gasteiger charge is 2.09. The summed E-state index contributed by atoms with van der Waals surface area (Å²) in [4.78, 5) is 10.4. The predicted molar refractivity (Wildman–Crippen MR) is 59.1 cm³/mol. The van der Waals surface area contributed by atoms with Crippen LogP contribution in [-0.2, 0) is 4.79 Å². The molecule has 0 bridgehead atoms. The average Bonchev–Trinajstić information content (AvgIpc) is 2.26. The van der Waals surface area contributed by atoms with Crippen molar-refractivity contribution in [1.29, 1.82) is 5.26 Å². The molecule has 16 heavy (non-hydrogen) atoms. The number of methoxy groups -OCH3 is 1. The molecule has 1 aromatic carbocycles. The number of nitriles is 1. The Bertz CT molecular complexity index is 484. The van der Waals surface area contributed by atoms with Crippen LogP contribution in [-0.4, -0.2) is 18.2 Å². The van der Waals surface area contributed by atoms with Gasteiger partial charge in [0.25, 0.3) is 0 Å². The van der Waals surface area contributed by atoms with E-state index in [4.69, 9.17) is 15.1 Å². The molecule has 0 atom stereocenters. The number of ether oxygens (including phenoxy) is 1. The Labute approximate surface area is 93.4 Å². The summed E-state index contributed by atoms with van der Waals surface area (Å²) in [6.45, 7) is 1.79. The van der Waals surface area contributed by atoms with E-state index in [1.165, 1.54) is 13.2 Å². The largest absolute Gasteiger partial charge is 0.496 e. The summed E-state index contributed by atoms with van der Waals surface area (Å²) in [5.74, 6) is -0.577. The Balaban J connectivity index is 3.38. The number of carboxylic acids is 1. The van der Waals surface area contributed by atoms with Crippen molar-refractivity contribution < 1.29 is 14.6 Å². The second kappa shape index (κ2) is 4.99. The number of carbonyl (C=O) groups is 1. The van der Waals surface area contributed by atoms with Crippen LogP contribution < -0.4 is 4.74 Å². The first-order valence-corrected chi connectivity index (χ1v) is 4.59. The Hall–Kier alpha value is -2.28. The molecule has 0 amide bonds. The lowest BCUT2D eigenvalue weighted by molar-refractivity contribution is -0.131. The minimum atomic E-state index is -1.06. The van der Waals surface area contributed by atoms with Crippen LogP contribution in [0.2, 0.25) is 0 Å². The predicted octanol–water partition coefficient (Wildman–Crippen LogP) is 1.97. The lowest BCUT2D eigenvalue weighted by Crippen LogP contribution is -1.95. The van der Waals surface area contributed by atoms with Crippen molar-refractivity contribution in [2.45, 2.75) is 6.92 Å². The highest BCUT2D eigenvalue weighted by Crippen LogP contribution is 2.26. The molecule has 1 N–H and O–H groups in total. The maximum atomic E-state index is 10.4.